The molecular formula is C26H19ClN2O3S. The molecular weight excluding hydrogens is 456 g/mol. The quantitative estimate of drug-likeness (QED) is 0.218. The van der Waals surface area contributed by atoms with E-state index in [1.807, 2.05) is 56.3 Å². The number of amides is 1. The van der Waals surface area contributed by atoms with Gasteiger partial charge in [0, 0.05) is 10.6 Å². The fourth-order valence-electron chi connectivity index (χ4n) is 4.21. The van der Waals surface area contributed by atoms with Crippen LogP contribution in [0, 0.1) is 13.8 Å². The first kappa shape index (κ1) is 21.4. The minimum atomic E-state index is -0.802. The number of carbonyl (C=O) groups is 2. The van der Waals surface area contributed by atoms with Crippen LogP contribution in [-0.2, 0) is 9.59 Å². The minimum absolute atomic E-state index is 0.0284. The Labute approximate surface area is 199 Å². The van der Waals surface area contributed by atoms with Gasteiger partial charge in [0.25, 0.3) is 5.78 Å². The Morgan fingerprint density at radius 1 is 1.03 bits per heavy atom. The normalized spacial score (nSPS) is 17.8. The van der Waals surface area contributed by atoms with Crippen molar-refractivity contribution in [1.29, 1.82) is 0 Å². The van der Waals surface area contributed by atoms with E-state index in [0.29, 0.717) is 21.3 Å². The van der Waals surface area contributed by atoms with Gasteiger partial charge in [0.2, 0.25) is 0 Å². The molecule has 5 rings (SSSR count). The standard InChI is InChI=1S/C26H19ClN2O3S/c1-14-12-15(2)21-19(13-14)33-26(28-21)29-22(16-6-4-3-5-7-16)20(24(31)25(29)32)23(30)17-8-10-18(27)11-9-17/h3-13,22,30H,1-2H3/b23-20+/t22-/m1/s1. The molecule has 7 heteroatoms. The fourth-order valence-corrected chi connectivity index (χ4v) is 5.50. The summed E-state index contributed by atoms with van der Waals surface area (Å²) in [6.07, 6.45) is 0. The van der Waals surface area contributed by atoms with E-state index in [1.54, 1.807) is 24.3 Å². The molecule has 5 nitrogen and oxygen atoms in total. The fraction of sp³-hybridized carbons (Fsp3) is 0.115. The van der Waals surface area contributed by atoms with Gasteiger partial charge >= 0.3 is 5.91 Å². The smallest absolute Gasteiger partial charge is 0.301 e. The Kier molecular flexibility index (Phi) is 5.27. The number of halogens is 1. The highest BCUT2D eigenvalue weighted by Gasteiger charge is 2.48. The number of hydrogen-bond acceptors (Lipinski definition) is 5. The second kappa shape index (κ2) is 8.14. The topological polar surface area (TPSA) is 70.5 Å². The zero-order chi connectivity index (χ0) is 23.3. The number of nitrogens with zero attached hydrogens (tertiary/aromatic N) is 2. The maximum Gasteiger partial charge on any atom is 0.301 e. The highest BCUT2D eigenvalue weighted by molar-refractivity contribution is 7.22. The van der Waals surface area contributed by atoms with Crippen molar-refractivity contribution in [3.8, 4) is 0 Å². The van der Waals surface area contributed by atoms with Crippen LogP contribution in [-0.4, -0.2) is 21.8 Å². The zero-order valence-electron chi connectivity index (χ0n) is 17.9. The van der Waals surface area contributed by atoms with Gasteiger partial charge < -0.3 is 5.11 Å². The third kappa shape index (κ3) is 3.61. The number of rotatable bonds is 3. The first-order chi connectivity index (χ1) is 15.8. The Bertz CT molecular complexity index is 1440. The number of carbonyl (C=O) groups excluding carboxylic acids is 2. The molecule has 164 valence electrons. The van der Waals surface area contributed by atoms with Crippen LogP contribution < -0.4 is 4.90 Å². The molecule has 4 aromatic rings. The van der Waals surface area contributed by atoms with Crippen LogP contribution in [0.5, 0.6) is 0 Å². The van der Waals surface area contributed by atoms with Crippen molar-refractivity contribution in [1.82, 2.24) is 4.98 Å². The van der Waals surface area contributed by atoms with E-state index in [0.717, 1.165) is 21.3 Å². The molecule has 1 aliphatic rings. The number of aliphatic hydroxyl groups excluding tert-OH is 1. The van der Waals surface area contributed by atoms with Crippen LogP contribution >= 0.6 is 22.9 Å². The lowest BCUT2D eigenvalue weighted by Gasteiger charge is -2.22. The summed E-state index contributed by atoms with van der Waals surface area (Å²) in [5.74, 6) is -1.70. The number of aromatic nitrogens is 1. The molecule has 1 aliphatic heterocycles. The molecule has 0 aliphatic carbocycles. The summed E-state index contributed by atoms with van der Waals surface area (Å²) in [6, 6.07) is 19.0. The number of thiazole rings is 1. The molecule has 0 spiro atoms. The van der Waals surface area contributed by atoms with E-state index in [9.17, 15) is 14.7 Å². The molecule has 0 bridgehead atoms. The van der Waals surface area contributed by atoms with Crippen molar-refractivity contribution in [3.05, 3.63) is 99.6 Å². The summed E-state index contributed by atoms with van der Waals surface area (Å²) in [5.41, 5.74) is 4.04. The molecule has 1 atom stereocenters. The third-order valence-corrected chi connectivity index (χ3v) is 6.96. The Morgan fingerprint density at radius 3 is 2.42 bits per heavy atom. The summed E-state index contributed by atoms with van der Waals surface area (Å²) in [5, 5.41) is 12.1. The number of fused-ring (bicyclic) bond motifs is 1. The van der Waals surface area contributed by atoms with Crippen molar-refractivity contribution >= 4 is 55.7 Å². The molecule has 1 N–H and O–H groups in total. The first-order valence-electron chi connectivity index (χ1n) is 10.3. The molecule has 1 saturated heterocycles. The number of ketones is 1. The largest absolute Gasteiger partial charge is 0.507 e. The predicted molar refractivity (Wildman–Crippen MR) is 132 cm³/mol. The number of Topliss-reactive ketones (excluding diaryl/α,β-unsaturated/α-hetero) is 1. The maximum atomic E-state index is 13.3. The van der Waals surface area contributed by atoms with Gasteiger partial charge in [-0.05, 0) is 60.9 Å². The second-order valence-corrected chi connectivity index (χ2v) is 9.46. The highest BCUT2D eigenvalue weighted by Crippen LogP contribution is 2.44. The first-order valence-corrected chi connectivity index (χ1v) is 11.5. The van der Waals surface area contributed by atoms with E-state index in [2.05, 4.69) is 0 Å². The van der Waals surface area contributed by atoms with Gasteiger partial charge in [-0.15, -0.1) is 0 Å². The number of hydrogen-bond donors (Lipinski definition) is 1. The van der Waals surface area contributed by atoms with Crippen molar-refractivity contribution in [2.45, 2.75) is 19.9 Å². The van der Waals surface area contributed by atoms with Crippen molar-refractivity contribution < 1.29 is 14.7 Å². The molecule has 1 amide bonds. The molecule has 2 heterocycles. The van der Waals surface area contributed by atoms with Crippen LogP contribution in [0.25, 0.3) is 16.0 Å². The summed E-state index contributed by atoms with van der Waals surface area (Å²) in [4.78, 5) is 32.7. The van der Waals surface area contributed by atoms with E-state index >= 15 is 0 Å². The van der Waals surface area contributed by atoms with Gasteiger partial charge in [0.15, 0.2) is 5.13 Å². The molecule has 0 saturated carbocycles. The minimum Gasteiger partial charge on any atom is -0.507 e. The Balaban J connectivity index is 1.73. The Hall–Kier alpha value is -3.48. The van der Waals surface area contributed by atoms with E-state index < -0.39 is 17.7 Å². The summed E-state index contributed by atoms with van der Waals surface area (Å²) < 4.78 is 0.939. The maximum absolute atomic E-state index is 13.3. The summed E-state index contributed by atoms with van der Waals surface area (Å²) >= 11 is 7.34. The molecule has 1 fully saturated rings. The number of benzene rings is 3. The van der Waals surface area contributed by atoms with Crippen molar-refractivity contribution in [2.24, 2.45) is 0 Å². The molecule has 0 radical (unpaired) electrons. The zero-order valence-corrected chi connectivity index (χ0v) is 19.4. The van der Waals surface area contributed by atoms with Gasteiger partial charge in [-0.3, -0.25) is 14.5 Å². The van der Waals surface area contributed by atoms with Crippen LogP contribution in [0.15, 0.2) is 72.3 Å². The monoisotopic (exact) mass is 474 g/mol. The lowest BCUT2D eigenvalue weighted by atomic mass is 9.95. The van der Waals surface area contributed by atoms with Crippen molar-refractivity contribution in [2.75, 3.05) is 4.90 Å². The molecule has 0 unspecified atom stereocenters. The van der Waals surface area contributed by atoms with Gasteiger partial charge in [-0.25, -0.2) is 4.98 Å². The summed E-state index contributed by atoms with van der Waals surface area (Å²) in [6.45, 7) is 3.98. The highest BCUT2D eigenvalue weighted by atomic mass is 35.5. The van der Waals surface area contributed by atoms with Crippen LogP contribution in [0.4, 0.5) is 5.13 Å². The lowest BCUT2D eigenvalue weighted by Crippen LogP contribution is -2.29. The van der Waals surface area contributed by atoms with Gasteiger partial charge in [0.05, 0.1) is 21.8 Å². The van der Waals surface area contributed by atoms with E-state index in [1.165, 1.54) is 16.2 Å². The molecule has 1 aromatic heterocycles. The lowest BCUT2D eigenvalue weighted by molar-refractivity contribution is -0.132. The Morgan fingerprint density at radius 2 is 1.73 bits per heavy atom. The average Bonchev–Trinajstić information content (AvgIpc) is 3.33. The third-order valence-electron chi connectivity index (χ3n) is 5.70. The van der Waals surface area contributed by atoms with Crippen LogP contribution in [0.3, 0.4) is 0 Å². The SMILES string of the molecule is Cc1cc(C)c2nc(N3C(=O)C(=O)/C(=C(/O)c4ccc(Cl)cc4)[C@H]3c3ccccc3)sc2c1. The molecule has 3 aromatic carbocycles. The number of aryl methyl sites for hydroxylation is 2. The van der Waals surface area contributed by atoms with Crippen LogP contribution in [0.1, 0.15) is 28.3 Å². The number of aliphatic hydroxyl groups is 1. The van der Waals surface area contributed by atoms with Gasteiger partial charge in [-0.2, -0.15) is 0 Å². The predicted octanol–water partition coefficient (Wildman–Crippen LogP) is 6.19. The second-order valence-electron chi connectivity index (χ2n) is 8.01. The van der Waals surface area contributed by atoms with E-state index in [-0.39, 0.29) is 11.3 Å². The van der Waals surface area contributed by atoms with Crippen molar-refractivity contribution in [3.63, 3.8) is 0 Å². The van der Waals surface area contributed by atoms with E-state index in [4.69, 9.17) is 16.6 Å². The average molecular weight is 475 g/mol. The summed E-state index contributed by atoms with van der Waals surface area (Å²) in [7, 11) is 0. The van der Waals surface area contributed by atoms with Gasteiger partial charge in [0.1, 0.15) is 5.76 Å². The van der Waals surface area contributed by atoms with Gasteiger partial charge in [-0.1, -0.05) is 59.3 Å². The molecule has 33 heavy (non-hydrogen) atoms. The van der Waals surface area contributed by atoms with Crippen LogP contribution in [0.2, 0.25) is 5.02 Å². The number of anilines is 1.